The van der Waals surface area contributed by atoms with Crippen molar-refractivity contribution in [2.24, 2.45) is 0 Å². The van der Waals surface area contributed by atoms with Crippen molar-refractivity contribution < 1.29 is 4.79 Å². The van der Waals surface area contributed by atoms with Crippen molar-refractivity contribution in [3.8, 4) is 0 Å². The molecule has 0 atom stereocenters. The Labute approximate surface area is 109 Å². The van der Waals surface area contributed by atoms with Crippen molar-refractivity contribution in [1.82, 2.24) is 0 Å². The standard InChI is InChI=1S/C15H22N2O/c1-2-7-15(18)16-13-8-6-9-14(12-13)17-10-4-3-5-11-17/h6,8-9,12H,2-5,7,10-11H2,1H3,(H,16,18). The Morgan fingerprint density at radius 1 is 1.28 bits per heavy atom. The van der Waals surface area contributed by atoms with Gasteiger partial charge in [0.05, 0.1) is 0 Å². The van der Waals surface area contributed by atoms with Crippen molar-refractivity contribution in [2.45, 2.75) is 39.0 Å². The van der Waals surface area contributed by atoms with Gasteiger partial charge in [0.1, 0.15) is 0 Å². The van der Waals surface area contributed by atoms with Crippen molar-refractivity contribution in [3.05, 3.63) is 24.3 Å². The monoisotopic (exact) mass is 246 g/mol. The second-order valence-electron chi connectivity index (χ2n) is 4.90. The molecule has 1 aromatic rings. The molecule has 2 rings (SSSR count). The van der Waals surface area contributed by atoms with Crippen molar-refractivity contribution in [3.63, 3.8) is 0 Å². The van der Waals surface area contributed by atoms with Crippen molar-refractivity contribution in [1.29, 1.82) is 0 Å². The van der Waals surface area contributed by atoms with E-state index < -0.39 is 0 Å². The minimum absolute atomic E-state index is 0.105. The number of rotatable bonds is 4. The molecule has 1 amide bonds. The third kappa shape index (κ3) is 3.49. The highest BCUT2D eigenvalue weighted by Gasteiger charge is 2.11. The summed E-state index contributed by atoms with van der Waals surface area (Å²) in [6, 6.07) is 8.19. The molecule has 3 nitrogen and oxygen atoms in total. The number of carbonyl (C=O) groups excluding carboxylic acids is 1. The second kappa shape index (κ2) is 6.43. The molecule has 0 unspecified atom stereocenters. The van der Waals surface area contributed by atoms with Crippen LogP contribution in [0.1, 0.15) is 39.0 Å². The molecule has 0 spiro atoms. The topological polar surface area (TPSA) is 32.3 Å². The van der Waals surface area contributed by atoms with Gasteiger partial charge in [-0.1, -0.05) is 13.0 Å². The summed E-state index contributed by atoms with van der Waals surface area (Å²) in [6.45, 7) is 4.28. The van der Waals surface area contributed by atoms with Crippen LogP contribution in [-0.4, -0.2) is 19.0 Å². The van der Waals surface area contributed by atoms with E-state index in [0.717, 1.165) is 25.2 Å². The molecule has 0 saturated carbocycles. The number of piperidine rings is 1. The number of amides is 1. The summed E-state index contributed by atoms with van der Waals surface area (Å²) in [5, 5.41) is 2.96. The smallest absolute Gasteiger partial charge is 0.224 e. The SMILES string of the molecule is CCCC(=O)Nc1cccc(N2CCCCC2)c1. The summed E-state index contributed by atoms with van der Waals surface area (Å²) in [5.41, 5.74) is 2.14. The Morgan fingerprint density at radius 3 is 2.78 bits per heavy atom. The van der Waals surface area contributed by atoms with Gasteiger partial charge in [-0.05, 0) is 43.9 Å². The van der Waals surface area contributed by atoms with E-state index in [-0.39, 0.29) is 5.91 Å². The van der Waals surface area contributed by atoms with Gasteiger partial charge in [0.25, 0.3) is 0 Å². The number of hydrogen-bond acceptors (Lipinski definition) is 2. The first-order valence-electron chi connectivity index (χ1n) is 6.94. The summed E-state index contributed by atoms with van der Waals surface area (Å²) in [4.78, 5) is 14.0. The first-order valence-corrected chi connectivity index (χ1v) is 6.94. The van der Waals surface area contributed by atoms with Crippen LogP contribution < -0.4 is 10.2 Å². The van der Waals surface area contributed by atoms with E-state index >= 15 is 0 Å². The average molecular weight is 246 g/mol. The maximum atomic E-state index is 11.6. The van der Waals surface area contributed by atoms with Crippen molar-refractivity contribution >= 4 is 17.3 Å². The quantitative estimate of drug-likeness (QED) is 0.883. The normalized spacial score (nSPS) is 15.5. The molecule has 1 aromatic carbocycles. The predicted octanol–water partition coefficient (Wildman–Crippen LogP) is 3.42. The summed E-state index contributed by atoms with van der Waals surface area (Å²) in [5.74, 6) is 0.105. The molecule has 98 valence electrons. The second-order valence-corrected chi connectivity index (χ2v) is 4.90. The molecule has 1 aliphatic heterocycles. The number of carbonyl (C=O) groups is 1. The lowest BCUT2D eigenvalue weighted by molar-refractivity contribution is -0.116. The Bertz CT molecular complexity index is 397. The van der Waals surface area contributed by atoms with E-state index in [4.69, 9.17) is 0 Å². The lowest BCUT2D eigenvalue weighted by Gasteiger charge is -2.29. The van der Waals surface area contributed by atoms with Gasteiger partial charge in [-0.2, -0.15) is 0 Å². The Morgan fingerprint density at radius 2 is 2.06 bits per heavy atom. The number of anilines is 2. The molecule has 1 fully saturated rings. The molecule has 18 heavy (non-hydrogen) atoms. The number of nitrogens with one attached hydrogen (secondary N) is 1. The minimum Gasteiger partial charge on any atom is -0.371 e. The lowest BCUT2D eigenvalue weighted by Crippen LogP contribution is -2.29. The molecule has 1 saturated heterocycles. The molecular weight excluding hydrogens is 224 g/mol. The largest absolute Gasteiger partial charge is 0.371 e. The fourth-order valence-corrected chi connectivity index (χ4v) is 2.38. The molecule has 0 aromatic heterocycles. The Balaban J connectivity index is 2.02. The van der Waals surface area contributed by atoms with E-state index in [1.54, 1.807) is 0 Å². The Hall–Kier alpha value is -1.51. The van der Waals surface area contributed by atoms with Gasteiger partial charge in [-0.3, -0.25) is 4.79 Å². The summed E-state index contributed by atoms with van der Waals surface area (Å²) < 4.78 is 0. The molecule has 0 radical (unpaired) electrons. The highest BCUT2D eigenvalue weighted by atomic mass is 16.1. The predicted molar refractivity (Wildman–Crippen MR) is 76.0 cm³/mol. The summed E-state index contributed by atoms with van der Waals surface area (Å²) in [7, 11) is 0. The zero-order valence-electron chi connectivity index (χ0n) is 11.1. The van der Waals surface area contributed by atoms with Crippen LogP contribution in [-0.2, 0) is 4.79 Å². The molecule has 1 aliphatic rings. The van der Waals surface area contributed by atoms with E-state index in [1.807, 2.05) is 19.1 Å². The fraction of sp³-hybridized carbons (Fsp3) is 0.533. The van der Waals surface area contributed by atoms with Crippen LogP contribution >= 0.6 is 0 Å². The lowest BCUT2D eigenvalue weighted by atomic mass is 10.1. The van der Waals surface area contributed by atoms with Gasteiger partial charge >= 0.3 is 0 Å². The Kier molecular flexibility index (Phi) is 4.62. The number of nitrogens with zero attached hydrogens (tertiary/aromatic N) is 1. The van der Waals surface area contributed by atoms with Gasteiger partial charge in [0.15, 0.2) is 0 Å². The van der Waals surface area contributed by atoms with Crippen LogP contribution in [0.3, 0.4) is 0 Å². The number of hydrogen-bond donors (Lipinski definition) is 1. The van der Waals surface area contributed by atoms with E-state index in [1.165, 1.54) is 24.9 Å². The summed E-state index contributed by atoms with van der Waals surface area (Å²) in [6.07, 6.45) is 5.36. The van der Waals surface area contributed by atoms with Crippen molar-refractivity contribution in [2.75, 3.05) is 23.3 Å². The van der Waals surface area contributed by atoms with Gasteiger partial charge in [0, 0.05) is 30.9 Å². The molecule has 1 N–H and O–H groups in total. The van der Waals surface area contributed by atoms with E-state index in [2.05, 4.69) is 22.3 Å². The molecular formula is C15H22N2O. The van der Waals surface area contributed by atoms with Crippen LogP contribution in [0, 0.1) is 0 Å². The summed E-state index contributed by atoms with van der Waals surface area (Å²) >= 11 is 0. The zero-order chi connectivity index (χ0) is 12.8. The highest BCUT2D eigenvalue weighted by Crippen LogP contribution is 2.23. The maximum absolute atomic E-state index is 11.6. The van der Waals surface area contributed by atoms with Gasteiger partial charge in [-0.25, -0.2) is 0 Å². The number of benzene rings is 1. The third-order valence-electron chi connectivity index (χ3n) is 3.33. The van der Waals surface area contributed by atoms with Crippen LogP contribution in [0.2, 0.25) is 0 Å². The molecule has 1 heterocycles. The van der Waals surface area contributed by atoms with Crippen LogP contribution in [0.25, 0.3) is 0 Å². The molecule has 0 bridgehead atoms. The molecule has 0 aliphatic carbocycles. The van der Waals surface area contributed by atoms with Gasteiger partial charge < -0.3 is 10.2 Å². The van der Waals surface area contributed by atoms with Gasteiger partial charge in [0.2, 0.25) is 5.91 Å². The third-order valence-corrected chi connectivity index (χ3v) is 3.33. The van der Waals surface area contributed by atoms with Gasteiger partial charge in [-0.15, -0.1) is 0 Å². The van der Waals surface area contributed by atoms with Crippen LogP contribution in [0.5, 0.6) is 0 Å². The van der Waals surface area contributed by atoms with E-state index in [0.29, 0.717) is 6.42 Å². The van der Waals surface area contributed by atoms with Crippen LogP contribution in [0.15, 0.2) is 24.3 Å². The van der Waals surface area contributed by atoms with Crippen LogP contribution in [0.4, 0.5) is 11.4 Å². The molecule has 3 heteroatoms. The first-order chi connectivity index (χ1) is 8.79. The first kappa shape index (κ1) is 12.9. The fourth-order valence-electron chi connectivity index (χ4n) is 2.38. The zero-order valence-corrected chi connectivity index (χ0v) is 11.1. The average Bonchev–Trinajstić information content (AvgIpc) is 2.40. The minimum atomic E-state index is 0.105. The van der Waals surface area contributed by atoms with E-state index in [9.17, 15) is 4.79 Å². The highest BCUT2D eigenvalue weighted by molar-refractivity contribution is 5.91. The maximum Gasteiger partial charge on any atom is 0.224 e.